The van der Waals surface area contributed by atoms with E-state index in [1.807, 2.05) is 6.07 Å². The van der Waals surface area contributed by atoms with Gasteiger partial charge in [-0.05, 0) is 50.2 Å². The molecule has 1 aromatic rings. The van der Waals surface area contributed by atoms with E-state index in [1.165, 1.54) is 32.1 Å². The summed E-state index contributed by atoms with van der Waals surface area (Å²) >= 11 is 0. The van der Waals surface area contributed by atoms with Gasteiger partial charge in [-0.25, -0.2) is 0 Å². The van der Waals surface area contributed by atoms with Crippen molar-refractivity contribution in [3.05, 3.63) is 24.2 Å². The molecule has 2 atom stereocenters. The van der Waals surface area contributed by atoms with Crippen LogP contribution in [0.15, 0.2) is 22.8 Å². The fourth-order valence-electron chi connectivity index (χ4n) is 3.70. The van der Waals surface area contributed by atoms with Crippen LogP contribution in [-0.2, 0) is 4.74 Å². The van der Waals surface area contributed by atoms with Crippen LogP contribution in [-0.4, -0.2) is 19.3 Å². The highest BCUT2D eigenvalue weighted by atomic mass is 16.5. The lowest BCUT2D eigenvalue weighted by Crippen LogP contribution is -2.45. The summed E-state index contributed by atoms with van der Waals surface area (Å²) in [4.78, 5) is 0. The molecule has 2 aliphatic rings. The third-order valence-electron chi connectivity index (χ3n) is 4.82. The van der Waals surface area contributed by atoms with Crippen molar-refractivity contribution in [2.75, 3.05) is 13.2 Å². The molecule has 2 heterocycles. The molecular formula is C15H23NO2. The molecule has 1 unspecified atom stereocenters. The maximum absolute atomic E-state index is 5.54. The number of rotatable bonds is 3. The first-order valence-electron chi connectivity index (χ1n) is 7.17. The quantitative estimate of drug-likeness (QED) is 0.892. The zero-order valence-electron chi connectivity index (χ0n) is 11.2. The van der Waals surface area contributed by atoms with Gasteiger partial charge in [-0.15, -0.1) is 0 Å². The van der Waals surface area contributed by atoms with Crippen LogP contribution in [0, 0.1) is 5.41 Å². The summed E-state index contributed by atoms with van der Waals surface area (Å²) < 4.78 is 11.0. The Bertz CT molecular complexity index is 368. The second kappa shape index (κ2) is 5.06. The van der Waals surface area contributed by atoms with Crippen LogP contribution in [0.2, 0.25) is 0 Å². The zero-order chi connectivity index (χ0) is 12.4. The van der Waals surface area contributed by atoms with Gasteiger partial charge in [-0.2, -0.15) is 0 Å². The number of furan rings is 1. The molecule has 1 aliphatic heterocycles. The Hall–Kier alpha value is -0.800. The molecule has 3 heteroatoms. The maximum atomic E-state index is 5.54. The number of hydrogen-bond acceptors (Lipinski definition) is 3. The topological polar surface area (TPSA) is 34.4 Å². The van der Waals surface area contributed by atoms with Crippen LogP contribution in [0.5, 0.6) is 0 Å². The molecule has 2 fully saturated rings. The molecule has 0 radical (unpaired) electrons. The Kier molecular flexibility index (Phi) is 3.44. The molecule has 18 heavy (non-hydrogen) atoms. The standard InChI is InChI=1S/C15H23NO2/c1-12(13-4-3-9-18-13)16-14-5-2-6-15(14)7-10-17-11-8-15/h3-4,9,12,14,16H,2,5-8,10-11H2,1H3/t12-,14?/m0/s1. The molecule has 100 valence electrons. The van der Waals surface area contributed by atoms with E-state index < -0.39 is 0 Å². The molecule has 1 spiro atoms. The predicted molar refractivity (Wildman–Crippen MR) is 70.4 cm³/mol. The first-order chi connectivity index (χ1) is 8.80. The van der Waals surface area contributed by atoms with Crippen LogP contribution in [0.1, 0.15) is 50.8 Å². The minimum absolute atomic E-state index is 0.308. The van der Waals surface area contributed by atoms with Gasteiger partial charge in [0.25, 0.3) is 0 Å². The molecular weight excluding hydrogens is 226 g/mol. The minimum atomic E-state index is 0.308. The third-order valence-corrected chi connectivity index (χ3v) is 4.82. The van der Waals surface area contributed by atoms with Crippen LogP contribution < -0.4 is 5.32 Å². The van der Waals surface area contributed by atoms with Crippen LogP contribution in [0.4, 0.5) is 0 Å². The fourth-order valence-corrected chi connectivity index (χ4v) is 3.70. The van der Waals surface area contributed by atoms with Crippen molar-refractivity contribution in [3.63, 3.8) is 0 Å². The van der Waals surface area contributed by atoms with E-state index in [4.69, 9.17) is 9.15 Å². The van der Waals surface area contributed by atoms with Crippen molar-refractivity contribution in [3.8, 4) is 0 Å². The van der Waals surface area contributed by atoms with Gasteiger partial charge in [-0.1, -0.05) is 6.42 Å². The molecule has 0 bridgehead atoms. The molecule has 1 N–H and O–H groups in total. The molecule has 1 saturated carbocycles. The van der Waals surface area contributed by atoms with Crippen molar-refractivity contribution in [1.29, 1.82) is 0 Å². The van der Waals surface area contributed by atoms with Gasteiger partial charge in [-0.3, -0.25) is 0 Å². The third kappa shape index (κ3) is 2.21. The largest absolute Gasteiger partial charge is 0.468 e. The first kappa shape index (κ1) is 12.2. The SMILES string of the molecule is C[C@H](NC1CCCC12CCOCC2)c1ccco1. The molecule has 3 nitrogen and oxygen atoms in total. The summed E-state index contributed by atoms with van der Waals surface area (Å²) in [6.07, 6.45) is 8.20. The summed E-state index contributed by atoms with van der Waals surface area (Å²) in [5, 5.41) is 3.79. The number of ether oxygens (including phenoxy) is 1. The van der Waals surface area contributed by atoms with Gasteiger partial charge in [0.1, 0.15) is 5.76 Å². The van der Waals surface area contributed by atoms with E-state index in [9.17, 15) is 0 Å². The van der Waals surface area contributed by atoms with Gasteiger partial charge >= 0.3 is 0 Å². The molecule has 0 aromatic carbocycles. The van der Waals surface area contributed by atoms with Crippen molar-refractivity contribution < 1.29 is 9.15 Å². The monoisotopic (exact) mass is 249 g/mol. The average Bonchev–Trinajstić information content (AvgIpc) is 3.02. The maximum Gasteiger partial charge on any atom is 0.120 e. The zero-order valence-corrected chi connectivity index (χ0v) is 11.2. The Morgan fingerprint density at radius 2 is 2.17 bits per heavy atom. The summed E-state index contributed by atoms with van der Waals surface area (Å²) in [5.74, 6) is 1.05. The summed E-state index contributed by atoms with van der Waals surface area (Å²) in [7, 11) is 0. The van der Waals surface area contributed by atoms with Crippen LogP contribution in [0.3, 0.4) is 0 Å². The Labute approximate surface area is 109 Å². The van der Waals surface area contributed by atoms with Crippen molar-refractivity contribution in [1.82, 2.24) is 5.32 Å². The van der Waals surface area contributed by atoms with Gasteiger partial charge in [0.2, 0.25) is 0 Å². The smallest absolute Gasteiger partial charge is 0.120 e. The Morgan fingerprint density at radius 3 is 2.89 bits per heavy atom. The fraction of sp³-hybridized carbons (Fsp3) is 0.733. The van der Waals surface area contributed by atoms with Crippen molar-refractivity contribution in [2.24, 2.45) is 5.41 Å². The average molecular weight is 249 g/mol. The summed E-state index contributed by atoms with van der Waals surface area (Å²) in [5.41, 5.74) is 0.485. The van der Waals surface area contributed by atoms with Gasteiger partial charge in [0, 0.05) is 19.3 Å². The molecule has 1 saturated heterocycles. The normalized spacial score (nSPS) is 28.6. The number of hydrogen-bond donors (Lipinski definition) is 1. The van der Waals surface area contributed by atoms with Gasteiger partial charge in [0.05, 0.1) is 12.3 Å². The van der Waals surface area contributed by atoms with E-state index >= 15 is 0 Å². The Morgan fingerprint density at radius 1 is 1.33 bits per heavy atom. The molecule has 3 rings (SSSR count). The van der Waals surface area contributed by atoms with Crippen molar-refractivity contribution in [2.45, 2.75) is 51.1 Å². The predicted octanol–water partition coefficient (Wildman–Crippen LogP) is 3.28. The molecule has 0 amide bonds. The lowest BCUT2D eigenvalue weighted by Gasteiger charge is -2.40. The van der Waals surface area contributed by atoms with E-state index in [-0.39, 0.29) is 0 Å². The van der Waals surface area contributed by atoms with Crippen LogP contribution in [0.25, 0.3) is 0 Å². The highest BCUT2D eigenvalue weighted by Crippen LogP contribution is 2.46. The molecule has 1 aliphatic carbocycles. The Balaban J connectivity index is 1.67. The lowest BCUT2D eigenvalue weighted by molar-refractivity contribution is 0.00239. The van der Waals surface area contributed by atoms with Crippen molar-refractivity contribution >= 4 is 0 Å². The number of nitrogens with one attached hydrogen (secondary N) is 1. The molecule has 1 aromatic heterocycles. The van der Waals surface area contributed by atoms with Gasteiger partial charge < -0.3 is 14.5 Å². The van der Waals surface area contributed by atoms with Crippen LogP contribution >= 0.6 is 0 Å². The summed E-state index contributed by atoms with van der Waals surface area (Å²) in [6, 6.07) is 4.96. The highest BCUT2D eigenvalue weighted by Gasteiger charge is 2.44. The van der Waals surface area contributed by atoms with E-state index in [0.29, 0.717) is 17.5 Å². The van der Waals surface area contributed by atoms with E-state index in [2.05, 4.69) is 18.3 Å². The van der Waals surface area contributed by atoms with E-state index in [1.54, 1.807) is 6.26 Å². The highest BCUT2D eigenvalue weighted by molar-refractivity contribution is 5.06. The first-order valence-corrected chi connectivity index (χ1v) is 7.17. The van der Waals surface area contributed by atoms with E-state index in [0.717, 1.165) is 19.0 Å². The lowest BCUT2D eigenvalue weighted by atomic mass is 9.75. The second-order valence-electron chi connectivity index (χ2n) is 5.82. The van der Waals surface area contributed by atoms with Gasteiger partial charge in [0.15, 0.2) is 0 Å². The minimum Gasteiger partial charge on any atom is -0.468 e. The summed E-state index contributed by atoms with van der Waals surface area (Å²) in [6.45, 7) is 4.07. The second-order valence-corrected chi connectivity index (χ2v) is 5.82.